The number of halogens is 2. The highest BCUT2D eigenvalue weighted by atomic mass is 127. The zero-order chi connectivity index (χ0) is 10.1. The molecule has 14 heavy (non-hydrogen) atoms. The molecule has 0 aliphatic rings. The summed E-state index contributed by atoms with van der Waals surface area (Å²) in [4.78, 5) is 4.05. The first-order valence-electron chi connectivity index (χ1n) is 3.84. The van der Waals surface area contributed by atoms with Crippen LogP contribution in [0.3, 0.4) is 0 Å². The van der Waals surface area contributed by atoms with Crippen LogP contribution < -0.4 is 0 Å². The van der Waals surface area contributed by atoms with Gasteiger partial charge in [-0.1, -0.05) is 11.6 Å². The second-order valence-corrected chi connectivity index (χ2v) is 4.36. The molecule has 0 spiro atoms. The van der Waals surface area contributed by atoms with Crippen LogP contribution in [0.25, 0.3) is 11.4 Å². The van der Waals surface area contributed by atoms with Crippen molar-refractivity contribution in [3.05, 3.63) is 27.3 Å². The molecule has 4 nitrogen and oxygen atoms in total. The van der Waals surface area contributed by atoms with E-state index in [1.807, 2.05) is 13.1 Å². The van der Waals surface area contributed by atoms with Gasteiger partial charge in [0.2, 0.25) is 0 Å². The summed E-state index contributed by atoms with van der Waals surface area (Å²) >= 11 is 8.14. The molecule has 0 bridgehead atoms. The Morgan fingerprint density at radius 1 is 1.50 bits per heavy atom. The molecule has 0 atom stereocenters. The van der Waals surface area contributed by atoms with Crippen LogP contribution in [0.1, 0.15) is 0 Å². The Hall–Kier alpha value is -0.690. The van der Waals surface area contributed by atoms with Gasteiger partial charge in [0.05, 0.1) is 5.56 Å². The van der Waals surface area contributed by atoms with Gasteiger partial charge in [-0.05, 0) is 28.7 Å². The lowest BCUT2D eigenvalue weighted by Crippen LogP contribution is -1.93. The Bertz CT molecular complexity index is 468. The molecule has 0 amide bonds. The summed E-state index contributed by atoms with van der Waals surface area (Å²) in [6.45, 7) is 0. The quantitative estimate of drug-likeness (QED) is 0.597. The normalized spacial score (nSPS) is 10.5. The van der Waals surface area contributed by atoms with Crippen molar-refractivity contribution in [2.45, 2.75) is 0 Å². The molecule has 0 aliphatic carbocycles. The van der Waals surface area contributed by atoms with Gasteiger partial charge in [-0.2, -0.15) is 0 Å². The Labute approximate surface area is 99.5 Å². The summed E-state index contributed by atoms with van der Waals surface area (Å²) in [5, 5.41) is 8.21. The molecule has 72 valence electrons. The highest BCUT2D eigenvalue weighted by molar-refractivity contribution is 14.1. The van der Waals surface area contributed by atoms with E-state index in [2.05, 4.69) is 37.8 Å². The summed E-state index contributed by atoms with van der Waals surface area (Å²) in [6, 6.07) is 1.93. The predicted molar refractivity (Wildman–Crippen MR) is 62.0 cm³/mol. The first-order chi connectivity index (χ1) is 6.68. The fourth-order valence-electron chi connectivity index (χ4n) is 1.11. The Morgan fingerprint density at radius 2 is 2.29 bits per heavy atom. The van der Waals surface area contributed by atoms with E-state index >= 15 is 0 Å². The molecule has 2 rings (SSSR count). The molecule has 0 saturated heterocycles. The lowest BCUT2D eigenvalue weighted by atomic mass is 10.3. The first kappa shape index (κ1) is 9.85. The lowest BCUT2D eigenvalue weighted by molar-refractivity contribution is 0.918. The van der Waals surface area contributed by atoms with Crippen molar-refractivity contribution in [1.82, 2.24) is 19.7 Å². The summed E-state index contributed by atoms with van der Waals surface area (Å²) in [5.41, 5.74) is 0.804. The SMILES string of the molecule is Cn1cnnc1-c1cc(I)cnc1Cl. The summed E-state index contributed by atoms with van der Waals surface area (Å²) in [7, 11) is 1.87. The monoisotopic (exact) mass is 320 g/mol. The molecule has 0 aromatic carbocycles. The van der Waals surface area contributed by atoms with Crippen molar-refractivity contribution >= 4 is 34.2 Å². The zero-order valence-electron chi connectivity index (χ0n) is 7.28. The van der Waals surface area contributed by atoms with Gasteiger partial charge in [-0.25, -0.2) is 4.98 Å². The fraction of sp³-hybridized carbons (Fsp3) is 0.125. The van der Waals surface area contributed by atoms with Gasteiger partial charge >= 0.3 is 0 Å². The van der Waals surface area contributed by atoms with Crippen LogP contribution in [-0.2, 0) is 7.05 Å². The van der Waals surface area contributed by atoms with Crippen LogP contribution in [0.2, 0.25) is 5.15 Å². The lowest BCUT2D eigenvalue weighted by Gasteiger charge is -2.02. The number of hydrogen-bond donors (Lipinski definition) is 0. The van der Waals surface area contributed by atoms with E-state index in [4.69, 9.17) is 11.6 Å². The Kier molecular flexibility index (Phi) is 2.69. The van der Waals surface area contributed by atoms with Gasteiger partial charge < -0.3 is 4.57 Å². The second-order valence-electron chi connectivity index (χ2n) is 2.76. The number of hydrogen-bond acceptors (Lipinski definition) is 3. The highest BCUT2D eigenvalue weighted by Gasteiger charge is 2.10. The maximum Gasteiger partial charge on any atom is 0.166 e. The number of aryl methyl sites for hydroxylation is 1. The fourth-order valence-corrected chi connectivity index (χ4v) is 1.74. The van der Waals surface area contributed by atoms with Crippen molar-refractivity contribution in [3.63, 3.8) is 0 Å². The molecule has 0 N–H and O–H groups in total. The molecule has 6 heteroatoms. The molecule has 0 aliphatic heterocycles. The van der Waals surface area contributed by atoms with Gasteiger partial charge in [-0.15, -0.1) is 10.2 Å². The minimum Gasteiger partial charge on any atom is -0.317 e. The molecule has 2 aromatic rings. The van der Waals surface area contributed by atoms with Crippen molar-refractivity contribution in [2.75, 3.05) is 0 Å². The maximum absolute atomic E-state index is 5.96. The van der Waals surface area contributed by atoms with E-state index in [0.717, 1.165) is 15.0 Å². The summed E-state index contributed by atoms with van der Waals surface area (Å²) < 4.78 is 2.82. The third-order valence-electron chi connectivity index (χ3n) is 1.76. The van der Waals surface area contributed by atoms with Crippen molar-refractivity contribution in [2.24, 2.45) is 7.05 Å². The smallest absolute Gasteiger partial charge is 0.166 e. The zero-order valence-corrected chi connectivity index (χ0v) is 10.2. The van der Waals surface area contributed by atoms with Gasteiger partial charge in [0.25, 0.3) is 0 Å². The highest BCUT2D eigenvalue weighted by Crippen LogP contribution is 2.25. The average molecular weight is 321 g/mol. The number of nitrogens with zero attached hydrogens (tertiary/aromatic N) is 4. The molecule has 0 unspecified atom stereocenters. The molecule has 2 heterocycles. The average Bonchev–Trinajstić information content (AvgIpc) is 2.56. The van der Waals surface area contributed by atoms with E-state index in [1.54, 1.807) is 17.1 Å². The van der Waals surface area contributed by atoms with E-state index in [-0.39, 0.29) is 0 Å². The topological polar surface area (TPSA) is 43.6 Å². The van der Waals surface area contributed by atoms with Crippen LogP contribution >= 0.6 is 34.2 Å². The van der Waals surface area contributed by atoms with Crippen LogP contribution in [-0.4, -0.2) is 19.7 Å². The molecule has 2 aromatic heterocycles. The van der Waals surface area contributed by atoms with E-state index in [0.29, 0.717) is 5.15 Å². The number of pyridine rings is 1. The summed E-state index contributed by atoms with van der Waals surface area (Å²) in [5.74, 6) is 0.723. The van der Waals surface area contributed by atoms with Gasteiger partial charge in [-0.3, -0.25) is 0 Å². The Balaban J connectivity index is 2.62. The Morgan fingerprint density at radius 3 is 2.93 bits per heavy atom. The molecular weight excluding hydrogens is 314 g/mol. The van der Waals surface area contributed by atoms with Gasteiger partial charge in [0, 0.05) is 16.8 Å². The maximum atomic E-state index is 5.96. The van der Waals surface area contributed by atoms with E-state index < -0.39 is 0 Å². The minimum absolute atomic E-state index is 0.446. The molecule has 0 radical (unpaired) electrons. The van der Waals surface area contributed by atoms with Crippen LogP contribution in [0.5, 0.6) is 0 Å². The molecule has 0 saturated carbocycles. The number of aromatic nitrogens is 4. The predicted octanol–water partition coefficient (Wildman–Crippen LogP) is 2.14. The molecular formula is C8H6ClIN4. The van der Waals surface area contributed by atoms with E-state index in [9.17, 15) is 0 Å². The van der Waals surface area contributed by atoms with Crippen molar-refractivity contribution < 1.29 is 0 Å². The van der Waals surface area contributed by atoms with Crippen LogP contribution in [0, 0.1) is 3.57 Å². The molecule has 0 fully saturated rings. The van der Waals surface area contributed by atoms with Gasteiger partial charge in [0.15, 0.2) is 5.82 Å². The first-order valence-corrected chi connectivity index (χ1v) is 5.29. The van der Waals surface area contributed by atoms with Crippen LogP contribution in [0.15, 0.2) is 18.6 Å². The minimum atomic E-state index is 0.446. The van der Waals surface area contributed by atoms with Crippen molar-refractivity contribution in [3.8, 4) is 11.4 Å². The van der Waals surface area contributed by atoms with E-state index in [1.165, 1.54) is 0 Å². The second kappa shape index (κ2) is 3.82. The largest absolute Gasteiger partial charge is 0.317 e. The van der Waals surface area contributed by atoms with Crippen molar-refractivity contribution in [1.29, 1.82) is 0 Å². The standard InChI is InChI=1S/C8H6ClIN4/c1-14-4-12-13-8(14)6-2-5(10)3-11-7(6)9/h2-4H,1H3. The third-order valence-corrected chi connectivity index (χ3v) is 2.65. The number of rotatable bonds is 1. The van der Waals surface area contributed by atoms with Crippen LogP contribution in [0.4, 0.5) is 0 Å². The summed E-state index contributed by atoms with van der Waals surface area (Å²) in [6.07, 6.45) is 3.34. The third kappa shape index (κ3) is 1.74. The van der Waals surface area contributed by atoms with Gasteiger partial charge in [0.1, 0.15) is 11.5 Å².